The molecular weight excluding hydrogens is 365 g/mol. The number of benzene rings is 1. The Kier molecular flexibility index (Phi) is 9.22. The second-order valence-corrected chi connectivity index (χ2v) is 6.77. The van der Waals surface area contributed by atoms with Crippen molar-refractivity contribution in [2.24, 2.45) is 10.9 Å². The van der Waals surface area contributed by atoms with Gasteiger partial charge in [0.1, 0.15) is 5.82 Å². The van der Waals surface area contributed by atoms with Crippen molar-refractivity contribution in [3.05, 3.63) is 58.1 Å². The normalized spacial score (nSPS) is 13.7. The van der Waals surface area contributed by atoms with E-state index in [4.69, 9.17) is 16.6 Å². The van der Waals surface area contributed by atoms with E-state index in [0.717, 1.165) is 18.4 Å². The van der Waals surface area contributed by atoms with Crippen LogP contribution in [-0.4, -0.2) is 25.2 Å². The molecule has 2 N–H and O–H groups in total. The minimum absolute atomic E-state index is 0.113. The summed E-state index contributed by atoms with van der Waals surface area (Å²) in [5, 5.41) is 5.92. The van der Waals surface area contributed by atoms with Crippen molar-refractivity contribution in [1.82, 2.24) is 10.6 Å². The summed E-state index contributed by atoms with van der Waals surface area (Å²) in [6.07, 6.45) is 1.76. The van der Waals surface area contributed by atoms with Gasteiger partial charge in [-0.3, -0.25) is 9.79 Å². The third-order valence-corrected chi connectivity index (χ3v) is 4.83. The number of hydrogen-bond acceptors (Lipinski definition) is 3. The standard InChI is InChI=1S/C21H29ClFN3O/c1-7-13(3)17(8-2)21(15(5)25-12-20(27)24-6)26-14(4)18-10-9-16(23)11-19(18)22/h9-11,13,25H,5,7-8,12H2,1-4,6H3,(H,24,27)/b21-17-,26-14?. The van der Waals surface area contributed by atoms with E-state index in [1.54, 1.807) is 13.1 Å². The van der Waals surface area contributed by atoms with Gasteiger partial charge in [0.2, 0.25) is 5.91 Å². The first kappa shape index (κ1) is 22.9. The zero-order valence-electron chi connectivity index (χ0n) is 16.7. The van der Waals surface area contributed by atoms with Crippen LogP contribution in [0.2, 0.25) is 5.02 Å². The summed E-state index contributed by atoms with van der Waals surface area (Å²) < 4.78 is 13.4. The first-order valence-electron chi connectivity index (χ1n) is 9.12. The molecule has 0 heterocycles. The van der Waals surface area contributed by atoms with Gasteiger partial charge >= 0.3 is 0 Å². The average molecular weight is 394 g/mol. The van der Waals surface area contributed by atoms with Gasteiger partial charge in [-0.25, -0.2) is 4.39 Å². The molecule has 4 nitrogen and oxygen atoms in total. The van der Waals surface area contributed by atoms with Crippen molar-refractivity contribution in [2.45, 2.75) is 40.5 Å². The third kappa shape index (κ3) is 6.51. The molecule has 1 aromatic carbocycles. The highest BCUT2D eigenvalue weighted by molar-refractivity contribution is 6.34. The van der Waals surface area contributed by atoms with E-state index in [9.17, 15) is 9.18 Å². The lowest BCUT2D eigenvalue weighted by Gasteiger charge is -2.20. The zero-order valence-corrected chi connectivity index (χ0v) is 17.5. The van der Waals surface area contributed by atoms with Crippen molar-refractivity contribution >= 4 is 23.2 Å². The molecule has 0 spiro atoms. The Labute approximate surface area is 166 Å². The summed E-state index contributed by atoms with van der Waals surface area (Å²) in [4.78, 5) is 16.3. The fourth-order valence-electron chi connectivity index (χ4n) is 2.70. The second kappa shape index (κ2) is 10.9. The molecule has 1 aromatic rings. The lowest BCUT2D eigenvalue weighted by molar-refractivity contribution is -0.119. The highest BCUT2D eigenvalue weighted by atomic mass is 35.5. The topological polar surface area (TPSA) is 53.5 Å². The van der Waals surface area contributed by atoms with E-state index in [1.165, 1.54) is 12.1 Å². The summed E-state index contributed by atoms with van der Waals surface area (Å²) >= 11 is 6.18. The third-order valence-electron chi connectivity index (χ3n) is 4.52. The van der Waals surface area contributed by atoms with Crippen molar-refractivity contribution < 1.29 is 9.18 Å². The Morgan fingerprint density at radius 1 is 1.37 bits per heavy atom. The first-order chi connectivity index (χ1) is 12.7. The van der Waals surface area contributed by atoms with Crippen LogP contribution in [0.25, 0.3) is 0 Å². The molecule has 0 aliphatic carbocycles. The maximum atomic E-state index is 13.4. The molecule has 0 aromatic heterocycles. The molecule has 0 fully saturated rings. The molecule has 6 heteroatoms. The van der Waals surface area contributed by atoms with Gasteiger partial charge in [0, 0.05) is 18.3 Å². The van der Waals surface area contributed by atoms with E-state index < -0.39 is 5.82 Å². The van der Waals surface area contributed by atoms with Gasteiger partial charge in [0.15, 0.2) is 0 Å². The smallest absolute Gasteiger partial charge is 0.239 e. The predicted molar refractivity (Wildman–Crippen MR) is 112 cm³/mol. The van der Waals surface area contributed by atoms with Crippen LogP contribution in [0.15, 0.2) is 46.7 Å². The number of nitrogens with one attached hydrogen (secondary N) is 2. The molecule has 148 valence electrons. The zero-order chi connectivity index (χ0) is 20.6. The molecule has 1 atom stereocenters. The Balaban J connectivity index is 3.37. The number of carbonyl (C=O) groups excluding carboxylic acids is 1. The Hall–Kier alpha value is -2.14. The molecule has 0 aliphatic heterocycles. The van der Waals surface area contributed by atoms with Crippen LogP contribution in [0, 0.1) is 11.7 Å². The number of hydrogen-bond donors (Lipinski definition) is 2. The van der Waals surface area contributed by atoms with Crippen LogP contribution < -0.4 is 10.6 Å². The quantitative estimate of drug-likeness (QED) is 0.465. The lowest BCUT2D eigenvalue weighted by atomic mass is 9.93. The fourth-order valence-corrected chi connectivity index (χ4v) is 3.00. The van der Waals surface area contributed by atoms with Crippen LogP contribution in [0.1, 0.15) is 46.1 Å². The van der Waals surface area contributed by atoms with Crippen LogP contribution in [0.3, 0.4) is 0 Å². The number of rotatable bonds is 9. The van der Waals surface area contributed by atoms with Crippen LogP contribution in [0.5, 0.6) is 0 Å². The molecule has 27 heavy (non-hydrogen) atoms. The van der Waals surface area contributed by atoms with E-state index in [0.29, 0.717) is 33.6 Å². The van der Waals surface area contributed by atoms with E-state index in [-0.39, 0.29) is 12.5 Å². The van der Waals surface area contributed by atoms with Gasteiger partial charge in [0.05, 0.1) is 23.0 Å². The highest BCUT2D eigenvalue weighted by Crippen LogP contribution is 2.27. The van der Waals surface area contributed by atoms with Crippen LogP contribution in [0.4, 0.5) is 4.39 Å². The van der Waals surface area contributed by atoms with Gasteiger partial charge < -0.3 is 10.6 Å². The number of halogens is 2. The van der Waals surface area contributed by atoms with Crippen molar-refractivity contribution in [2.75, 3.05) is 13.6 Å². The minimum atomic E-state index is -0.391. The van der Waals surface area contributed by atoms with E-state index in [2.05, 4.69) is 38.0 Å². The summed E-state index contributed by atoms with van der Waals surface area (Å²) in [5.74, 6) is -0.221. The number of amides is 1. The molecule has 0 saturated heterocycles. The summed E-state index contributed by atoms with van der Waals surface area (Å²) in [7, 11) is 1.58. The maximum absolute atomic E-state index is 13.4. The number of carbonyl (C=O) groups is 1. The molecule has 1 unspecified atom stereocenters. The van der Waals surface area contributed by atoms with E-state index >= 15 is 0 Å². The van der Waals surface area contributed by atoms with Gasteiger partial charge in [-0.2, -0.15) is 0 Å². The molecule has 1 amide bonds. The largest absolute Gasteiger partial charge is 0.375 e. The monoisotopic (exact) mass is 393 g/mol. The van der Waals surface area contributed by atoms with Crippen molar-refractivity contribution in [1.29, 1.82) is 0 Å². The number of likely N-dealkylation sites (N-methyl/N-ethyl adjacent to an activating group) is 1. The number of nitrogens with zero attached hydrogens (tertiary/aromatic N) is 1. The molecule has 0 aliphatic rings. The summed E-state index contributed by atoms with van der Waals surface area (Å²) in [5.41, 5.74) is 3.76. The Bertz CT molecular complexity index is 756. The SMILES string of the molecule is C=C(NCC(=O)NC)/C(N=C(C)c1ccc(F)cc1Cl)=C(\CC)C(C)CC. The fraction of sp³-hybridized carbons (Fsp3) is 0.429. The predicted octanol–water partition coefficient (Wildman–Crippen LogP) is 4.85. The molecule has 0 bridgehead atoms. The van der Waals surface area contributed by atoms with Gasteiger partial charge in [0.25, 0.3) is 0 Å². The average Bonchev–Trinajstić information content (AvgIpc) is 2.64. The first-order valence-corrected chi connectivity index (χ1v) is 9.50. The van der Waals surface area contributed by atoms with E-state index in [1.807, 2.05) is 6.92 Å². The van der Waals surface area contributed by atoms with Gasteiger partial charge in [-0.15, -0.1) is 0 Å². The second-order valence-electron chi connectivity index (χ2n) is 6.36. The molecule has 0 radical (unpaired) electrons. The summed E-state index contributed by atoms with van der Waals surface area (Å²) in [6.45, 7) is 12.4. The molecular formula is C21H29ClFN3O. The van der Waals surface area contributed by atoms with Crippen molar-refractivity contribution in [3.8, 4) is 0 Å². The molecule has 1 rings (SSSR count). The van der Waals surface area contributed by atoms with Gasteiger partial charge in [-0.1, -0.05) is 39.0 Å². The maximum Gasteiger partial charge on any atom is 0.239 e. The van der Waals surface area contributed by atoms with Crippen LogP contribution >= 0.6 is 11.6 Å². The minimum Gasteiger partial charge on any atom is -0.375 e. The molecule has 0 saturated carbocycles. The Morgan fingerprint density at radius 3 is 2.56 bits per heavy atom. The Morgan fingerprint density at radius 2 is 2.04 bits per heavy atom. The van der Waals surface area contributed by atoms with Crippen LogP contribution in [-0.2, 0) is 4.79 Å². The lowest BCUT2D eigenvalue weighted by Crippen LogP contribution is -2.31. The highest BCUT2D eigenvalue weighted by Gasteiger charge is 2.16. The number of aliphatic imine (C=N–C) groups is 1. The van der Waals surface area contributed by atoms with Gasteiger partial charge in [-0.05, 0) is 49.5 Å². The number of allylic oxidation sites excluding steroid dienone is 1. The van der Waals surface area contributed by atoms with Crippen molar-refractivity contribution in [3.63, 3.8) is 0 Å². The summed E-state index contributed by atoms with van der Waals surface area (Å²) in [6, 6.07) is 4.24.